The number of carbonyl (C=O) groups excluding carboxylic acids is 3. The average Bonchev–Trinajstić information content (AvgIpc) is 2.25. The van der Waals surface area contributed by atoms with Crippen molar-refractivity contribution in [2.24, 2.45) is 5.41 Å². The van der Waals surface area contributed by atoms with E-state index in [1.807, 2.05) is 0 Å². The zero-order valence-corrected chi connectivity index (χ0v) is 12.8. The van der Waals surface area contributed by atoms with Crippen LogP contribution in [0.2, 0.25) is 0 Å². The Morgan fingerprint density at radius 2 is 1.76 bits per heavy atom. The molecule has 0 fully saturated rings. The van der Waals surface area contributed by atoms with Gasteiger partial charge in [-0.3, -0.25) is 19.7 Å². The number of likely N-dealkylation sites (N-methyl/N-ethyl adjacent to an activating group) is 1. The molecule has 0 aromatic rings. The van der Waals surface area contributed by atoms with E-state index in [9.17, 15) is 19.2 Å². The molecule has 0 unspecified atom stereocenters. The second kappa shape index (κ2) is 8.23. The van der Waals surface area contributed by atoms with Crippen molar-refractivity contribution in [3.8, 4) is 0 Å². The third-order valence-corrected chi connectivity index (χ3v) is 2.53. The third-order valence-electron chi connectivity index (χ3n) is 2.53. The lowest BCUT2D eigenvalue weighted by atomic mass is 9.85. The van der Waals surface area contributed by atoms with Crippen molar-refractivity contribution >= 4 is 23.9 Å². The fourth-order valence-electron chi connectivity index (χ4n) is 1.64. The molecule has 0 aliphatic heterocycles. The maximum atomic E-state index is 11.7. The van der Waals surface area contributed by atoms with Crippen molar-refractivity contribution in [2.45, 2.75) is 33.6 Å². The van der Waals surface area contributed by atoms with E-state index < -0.39 is 29.3 Å². The summed E-state index contributed by atoms with van der Waals surface area (Å²) in [6, 6.07) is -0.737. The molecule has 0 saturated carbocycles. The molecule has 0 aromatic carbocycles. The van der Waals surface area contributed by atoms with Gasteiger partial charge in [0.05, 0.1) is 13.0 Å². The Balaban J connectivity index is 4.34. The topological polar surface area (TPSA) is 113 Å². The summed E-state index contributed by atoms with van der Waals surface area (Å²) >= 11 is 0. The number of aliphatic carboxylic acids is 1. The standard InChI is InChI=1S/C13H22N2O6/c1-5-21-11(19)8-15(4)12(20)14-9(16)6-13(2,3)7-10(17)18/h5-8H2,1-4H3,(H,17,18)(H,14,16,20). The van der Waals surface area contributed by atoms with Gasteiger partial charge >= 0.3 is 18.0 Å². The zero-order chi connectivity index (χ0) is 16.6. The highest BCUT2D eigenvalue weighted by Crippen LogP contribution is 2.24. The molecule has 0 radical (unpaired) electrons. The van der Waals surface area contributed by atoms with E-state index in [1.54, 1.807) is 20.8 Å². The first-order valence-electron chi connectivity index (χ1n) is 6.49. The SMILES string of the molecule is CCOC(=O)CN(C)C(=O)NC(=O)CC(C)(C)CC(=O)O. The Morgan fingerprint density at radius 1 is 1.19 bits per heavy atom. The number of hydrogen-bond acceptors (Lipinski definition) is 5. The molecule has 3 amide bonds. The fourth-order valence-corrected chi connectivity index (χ4v) is 1.64. The molecule has 2 N–H and O–H groups in total. The molecule has 8 nitrogen and oxygen atoms in total. The van der Waals surface area contributed by atoms with Crippen LogP contribution in [0.5, 0.6) is 0 Å². The van der Waals surface area contributed by atoms with Crippen LogP contribution in [0.25, 0.3) is 0 Å². The molecule has 0 aliphatic rings. The van der Waals surface area contributed by atoms with E-state index in [0.29, 0.717) is 0 Å². The van der Waals surface area contributed by atoms with Crippen molar-refractivity contribution in [2.75, 3.05) is 20.2 Å². The second-order valence-electron chi connectivity index (χ2n) is 5.43. The van der Waals surface area contributed by atoms with Gasteiger partial charge in [-0.25, -0.2) is 4.79 Å². The molecule has 0 aromatic heterocycles. The number of ether oxygens (including phenoxy) is 1. The molecule has 120 valence electrons. The molecular formula is C13H22N2O6. The Kier molecular flexibility index (Phi) is 7.40. The van der Waals surface area contributed by atoms with Crippen LogP contribution in [-0.2, 0) is 19.1 Å². The largest absolute Gasteiger partial charge is 0.481 e. The second-order valence-corrected chi connectivity index (χ2v) is 5.43. The van der Waals surface area contributed by atoms with Crippen LogP contribution in [0.4, 0.5) is 4.79 Å². The third kappa shape index (κ3) is 8.61. The van der Waals surface area contributed by atoms with Crippen molar-refractivity contribution in [1.82, 2.24) is 10.2 Å². The Bertz CT molecular complexity index is 419. The van der Waals surface area contributed by atoms with Gasteiger partial charge in [0.2, 0.25) is 5.91 Å². The van der Waals surface area contributed by atoms with Crippen LogP contribution in [0.1, 0.15) is 33.6 Å². The van der Waals surface area contributed by atoms with Gasteiger partial charge in [0.25, 0.3) is 0 Å². The van der Waals surface area contributed by atoms with Gasteiger partial charge in [-0.1, -0.05) is 13.8 Å². The molecule has 0 aliphatic carbocycles. The van der Waals surface area contributed by atoms with Crippen LogP contribution in [0.15, 0.2) is 0 Å². The number of carboxylic acid groups (broad SMARTS) is 1. The van der Waals surface area contributed by atoms with E-state index in [0.717, 1.165) is 4.90 Å². The normalized spacial score (nSPS) is 10.7. The summed E-state index contributed by atoms with van der Waals surface area (Å²) in [4.78, 5) is 46.2. The highest BCUT2D eigenvalue weighted by molar-refractivity contribution is 5.95. The van der Waals surface area contributed by atoms with Crippen molar-refractivity contribution in [3.05, 3.63) is 0 Å². The first-order valence-corrected chi connectivity index (χ1v) is 6.49. The van der Waals surface area contributed by atoms with E-state index in [4.69, 9.17) is 5.11 Å². The van der Waals surface area contributed by atoms with Crippen LogP contribution >= 0.6 is 0 Å². The summed E-state index contributed by atoms with van der Waals surface area (Å²) in [5.41, 5.74) is -0.768. The summed E-state index contributed by atoms with van der Waals surface area (Å²) < 4.78 is 4.68. The number of rotatable bonds is 7. The molecule has 21 heavy (non-hydrogen) atoms. The van der Waals surface area contributed by atoms with Crippen molar-refractivity contribution in [3.63, 3.8) is 0 Å². The van der Waals surface area contributed by atoms with Gasteiger partial charge in [0, 0.05) is 13.5 Å². The van der Waals surface area contributed by atoms with Crippen LogP contribution < -0.4 is 5.32 Å². The lowest BCUT2D eigenvalue weighted by Gasteiger charge is -2.22. The van der Waals surface area contributed by atoms with Gasteiger partial charge < -0.3 is 14.7 Å². The fraction of sp³-hybridized carbons (Fsp3) is 0.692. The molecule has 0 atom stereocenters. The summed E-state index contributed by atoms with van der Waals surface area (Å²) in [5, 5.41) is 10.8. The average molecular weight is 302 g/mol. The quantitative estimate of drug-likeness (QED) is 0.666. The Morgan fingerprint density at radius 3 is 2.24 bits per heavy atom. The Hall–Kier alpha value is -2.12. The minimum absolute atomic E-state index is 0.113. The number of urea groups is 1. The number of carboxylic acids is 1. The Labute approximate surface area is 123 Å². The minimum Gasteiger partial charge on any atom is -0.481 e. The molecule has 0 saturated heterocycles. The van der Waals surface area contributed by atoms with E-state index in [1.165, 1.54) is 7.05 Å². The molecule has 0 heterocycles. The highest BCUT2D eigenvalue weighted by Gasteiger charge is 2.26. The minimum atomic E-state index is -1.02. The van der Waals surface area contributed by atoms with Crippen LogP contribution in [-0.4, -0.2) is 54.1 Å². The summed E-state index contributed by atoms with van der Waals surface area (Å²) in [6.07, 6.45) is -0.300. The van der Waals surface area contributed by atoms with Gasteiger partial charge in [-0.15, -0.1) is 0 Å². The van der Waals surface area contributed by atoms with E-state index in [2.05, 4.69) is 10.1 Å². The van der Waals surface area contributed by atoms with Gasteiger partial charge in [-0.05, 0) is 12.3 Å². The first-order chi connectivity index (χ1) is 9.57. The number of carbonyl (C=O) groups is 4. The molecule has 0 bridgehead atoms. The highest BCUT2D eigenvalue weighted by atomic mass is 16.5. The monoisotopic (exact) mass is 302 g/mol. The number of esters is 1. The zero-order valence-electron chi connectivity index (χ0n) is 12.8. The smallest absolute Gasteiger partial charge is 0.325 e. The number of imide groups is 1. The summed E-state index contributed by atoms with van der Waals surface area (Å²) in [5.74, 6) is -2.19. The molecular weight excluding hydrogens is 280 g/mol. The maximum Gasteiger partial charge on any atom is 0.325 e. The van der Waals surface area contributed by atoms with Gasteiger partial charge in [0.15, 0.2) is 0 Å². The van der Waals surface area contributed by atoms with Crippen molar-refractivity contribution < 1.29 is 29.0 Å². The lowest BCUT2D eigenvalue weighted by molar-refractivity contribution is -0.144. The van der Waals surface area contributed by atoms with Crippen molar-refractivity contribution in [1.29, 1.82) is 0 Å². The number of hydrogen-bond donors (Lipinski definition) is 2. The molecule has 0 spiro atoms. The number of nitrogens with one attached hydrogen (secondary N) is 1. The maximum absolute atomic E-state index is 11.7. The van der Waals surface area contributed by atoms with Gasteiger partial charge in [0.1, 0.15) is 6.54 Å². The summed E-state index contributed by atoms with van der Waals surface area (Å²) in [7, 11) is 1.35. The number of amides is 3. The predicted molar refractivity (Wildman–Crippen MR) is 73.5 cm³/mol. The summed E-state index contributed by atoms with van der Waals surface area (Å²) in [6.45, 7) is 4.81. The van der Waals surface area contributed by atoms with E-state index in [-0.39, 0.29) is 26.0 Å². The molecule has 0 rings (SSSR count). The predicted octanol–water partition coefficient (Wildman–Crippen LogP) is 0.608. The van der Waals surface area contributed by atoms with Crippen LogP contribution in [0.3, 0.4) is 0 Å². The lowest BCUT2D eigenvalue weighted by Crippen LogP contribution is -2.44. The molecule has 8 heteroatoms. The van der Waals surface area contributed by atoms with Crippen LogP contribution in [0, 0.1) is 5.41 Å². The number of nitrogens with zero attached hydrogens (tertiary/aromatic N) is 1. The van der Waals surface area contributed by atoms with E-state index >= 15 is 0 Å². The van der Waals surface area contributed by atoms with Gasteiger partial charge in [-0.2, -0.15) is 0 Å². The first kappa shape index (κ1) is 18.9.